The molecule has 0 aliphatic carbocycles. The van der Waals surface area contributed by atoms with Crippen LogP contribution in [0.4, 0.5) is 4.39 Å². The Labute approximate surface area is 93.4 Å². The van der Waals surface area contributed by atoms with Crippen LogP contribution >= 0.6 is 0 Å². The molecule has 0 bridgehead atoms. The molecule has 0 aliphatic rings. The molecule has 0 amide bonds. The van der Waals surface area contributed by atoms with Crippen LogP contribution in [0.2, 0.25) is 0 Å². The standard InChI is InChI=1S/C12H12FNO2/c1-16-12(15)10-8-9(4-2-3-7-14)5-6-11(10)13/h5-6,8H,3,7,14H2,1H3. The van der Waals surface area contributed by atoms with Crippen molar-refractivity contribution in [2.75, 3.05) is 13.7 Å². The molecule has 1 aromatic carbocycles. The molecule has 0 fully saturated rings. The number of halogens is 1. The summed E-state index contributed by atoms with van der Waals surface area (Å²) < 4.78 is 17.7. The number of esters is 1. The summed E-state index contributed by atoms with van der Waals surface area (Å²) in [6, 6.07) is 4.06. The predicted molar refractivity (Wildman–Crippen MR) is 58.3 cm³/mol. The van der Waals surface area contributed by atoms with Gasteiger partial charge >= 0.3 is 5.97 Å². The van der Waals surface area contributed by atoms with Crippen LogP contribution in [0.5, 0.6) is 0 Å². The molecule has 1 aromatic rings. The normalized spacial score (nSPS) is 9.19. The van der Waals surface area contributed by atoms with Crippen molar-refractivity contribution < 1.29 is 13.9 Å². The second kappa shape index (κ2) is 5.89. The molecule has 2 N–H and O–H groups in total. The zero-order chi connectivity index (χ0) is 12.0. The highest BCUT2D eigenvalue weighted by Gasteiger charge is 2.11. The molecule has 0 spiro atoms. The highest BCUT2D eigenvalue weighted by Crippen LogP contribution is 2.11. The molecule has 0 unspecified atom stereocenters. The number of methoxy groups -OCH3 is 1. The monoisotopic (exact) mass is 221 g/mol. The molecule has 4 heteroatoms. The first-order chi connectivity index (χ1) is 7.69. The summed E-state index contributed by atoms with van der Waals surface area (Å²) in [6.45, 7) is 0.470. The van der Waals surface area contributed by atoms with Gasteiger partial charge in [-0.3, -0.25) is 0 Å². The minimum Gasteiger partial charge on any atom is -0.465 e. The Morgan fingerprint density at radius 3 is 2.94 bits per heavy atom. The first-order valence-corrected chi connectivity index (χ1v) is 4.76. The zero-order valence-corrected chi connectivity index (χ0v) is 8.92. The van der Waals surface area contributed by atoms with E-state index in [1.807, 2.05) is 0 Å². The molecule has 0 saturated heterocycles. The van der Waals surface area contributed by atoms with Gasteiger partial charge in [0.15, 0.2) is 0 Å². The van der Waals surface area contributed by atoms with Gasteiger partial charge in [-0.1, -0.05) is 11.8 Å². The Hall–Kier alpha value is -1.86. The highest BCUT2D eigenvalue weighted by molar-refractivity contribution is 5.90. The van der Waals surface area contributed by atoms with Gasteiger partial charge in [0.25, 0.3) is 0 Å². The molecule has 0 heterocycles. The van der Waals surface area contributed by atoms with Gasteiger partial charge in [-0.25, -0.2) is 9.18 Å². The van der Waals surface area contributed by atoms with Crippen LogP contribution in [0, 0.1) is 17.7 Å². The van der Waals surface area contributed by atoms with E-state index in [2.05, 4.69) is 16.6 Å². The molecule has 0 atom stereocenters. The first kappa shape index (κ1) is 12.2. The number of hydrogen-bond acceptors (Lipinski definition) is 3. The van der Waals surface area contributed by atoms with Crippen molar-refractivity contribution >= 4 is 5.97 Å². The lowest BCUT2D eigenvalue weighted by molar-refractivity contribution is 0.0595. The van der Waals surface area contributed by atoms with E-state index in [0.29, 0.717) is 18.5 Å². The Balaban J connectivity index is 2.99. The minimum atomic E-state index is -0.708. The highest BCUT2D eigenvalue weighted by atomic mass is 19.1. The number of nitrogens with two attached hydrogens (primary N) is 1. The van der Waals surface area contributed by atoms with Gasteiger partial charge in [0.1, 0.15) is 5.82 Å². The fraction of sp³-hybridized carbons (Fsp3) is 0.250. The summed E-state index contributed by atoms with van der Waals surface area (Å²) >= 11 is 0. The van der Waals surface area contributed by atoms with Crippen molar-refractivity contribution in [2.45, 2.75) is 6.42 Å². The number of carbonyl (C=O) groups is 1. The maximum atomic E-state index is 13.2. The molecule has 0 saturated carbocycles. The largest absolute Gasteiger partial charge is 0.465 e. The van der Waals surface area contributed by atoms with Crippen molar-refractivity contribution in [3.05, 3.63) is 35.1 Å². The summed E-state index contributed by atoms with van der Waals surface area (Å²) in [5, 5.41) is 0. The van der Waals surface area contributed by atoms with Crippen molar-refractivity contribution in [3.63, 3.8) is 0 Å². The molecular formula is C12H12FNO2. The number of hydrogen-bond donors (Lipinski definition) is 1. The van der Waals surface area contributed by atoms with Crippen molar-refractivity contribution in [1.29, 1.82) is 0 Å². The third-order valence-corrected chi connectivity index (χ3v) is 1.87. The second-order valence-corrected chi connectivity index (χ2v) is 3.03. The summed E-state index contributed by atoms with van der Waals surface area (Å²) in [5.41, 5.74) is 5.74. The molecule has 16 heavy (non-hydrogen) atoms. The smallest absolute Gasteiger partial charge is 0.340 e. The second-order valence-electron chi connectivity index (χ2n) is 3.03. The fourth-order valence-electron chi connectivity index (χ4n) is 1.11. The van der Waals surface area contributed by atoms with E-state index >= 15 is 0 Å². The van der Waals surface area contributed by atoms with Crippen LogP contribution in [-0.2, 0) is 4.74 Å². The lowest BCUT2D eigenvalue weighted by Gasteiger charge is -2.01. The number of carbonyl (C=O) groups excluding carboxylic acids is 1. The van der Waals surface area contributed by atoms with Crippen LogP contribution in [0.25, 0.3) is 0 Å². The molecular weight excluding hydrogens is 209 g/mol. The van der Waals surface area contributed by atoms with Gasteiger partial charge in [0.2, 0.25) is 0 Å². The van der Waals surface area contributed by atoms with Gasteiger partial charge in [-0.15, -0.1) is 0 Å². The Morgan fingerprint density at radius 1 is 1.56 bits per heavy atom. The van der Waals surface area contributed by atoms with Crippen molar-refractivity contribution in [2.24, 2.45) is 5.73 Å². The van der Waals surface area contributed by atoms with Gasteiger partial charge in [-0.2, -0.15) is 0 Å². The molecule has 84 valence electrons. The minimum absolute atomic E-state index is 0.109. The summed E-state index contributed by atoms with van der Waals surface area (Å²) in [5.74, 6) is 4.27. The van der Waals surface area contributed by atoms with Gasteiger partial charge < -0.3 is 10.5 Å². The Bertz CT molecular complexity index is 446. The fourth-order valence-corrected chi connectivity index (χ4v) is 1.11. The van der Waals surface area contributed by atoms with Crippen LogP contribution in [0.3, 0.4) is 0 Å². The quantitative estimate of drug-likeness (QED) is 0.605. The van der Waals surface area contributed by atoms with Gasteiger partial charge in [-0.05, 0) is 18.2 Å². The van der Waals surface area contributed by atoms with E-state index in [0.717, 1.165) is 0 Å². The Kier molecular flexibility index (Phi) is 4.49. The average molecular weight is 221 g/mol. The zero-order valence-electron chi connectivity index (χ0n) is 8.92. The molecule has 1 rings (SSSR count). The first-order valence-electron chi connectivity index (χ1n) is 4.76. The SMILES string of the molecule is COC(=O)c1cc(C#CCCN)ccc1F. The van der Waals surface area contributed by atoms with Crippen LogP contribution in [-0.4, -0.2) is 19.6 Å². The summed E-state index contributed by atoms with van der Waals surface area (Å²) in [6.07, 6.45) is 0.560. The van der Waals surface area contributed by atoms with Crippen molar-refractivity contribution in [1.82, 2.24) is 0 Å². The van der Waals surface area contributed by atoms with E-state index in [4.69, 9.17) is 5.73 Å². The van der Waals surface area contributed by atoms with Crippen LogP contribution in [0.15, 0.2) is 18.2 Å². The van der Waals surface area contributed by atoms with Gasteiger partial charge in [0, 0.05) is 18.5 Å². The summed E-state index contributed by atoms with van der Waals surface area (Å²) in [7, 11) is 1.20. The van der Waals surface area contributed by atoms with E-state index in [1.165, 1.54) is 25.3 Å². The predicted octanol–water partition coefficient (Wildman–Crippen LogP) is 1.31. The van der Waals surface area contributed by atoms with Gasteiger partial charge in [0.05, 0.1) is 12.7 Å². The maximum Gasteiger partial charge on any atom is 0.340 e. The lowest BCUT2D eigenvalue weighted by atomic mass is 10.1. The van der Waals surface area contributed by atoms with E-state index in [9.17, 15) is 9.18 Å². The molecule has 3 nitrogen and oxygen atoms in total. The van der Waals surface area contributed by atoms with Crippen molar-refractivity contribution in [3.8, 4) is 11.8 Å². The lowest BCUT2D eigenvalue weighted by Crippen LogP contribution is -2.04. The van der Waals surface area contributed by atoms with E-state index < -0.39 is 11.8 Å². The molecule has 0 aliphatic heterocycles. The molecule has 0 aromatic heterocycles. The number of benzene rings is 1. The van der Waals surface area contributed by atoms with E-state index in [-0.39, 0.29) is 5.56 Å². The molecule has 0 radical (unpaired) electrons. The van der Waals surface area contributed by atoms with Crippen LogP contribution in [0.1, 0.15) is 22.3 Å². The Morgan fingerprint density at radius 2 is 2.31 bits per heavy atom. The number of rotatable bonds is 2. The third-order valence-electron chi connectivity index (χ3n) is 1.87. The van der Waals surface area contributed by atoms with Crippen LogP contribution < -0.4 is 5.73 Å². The average Bonchev–Trinajstić information content (AvgIpc) is 2.30. The number of ether oxygens (including phenoxy) is 1. The maximum absolute atomic E-state index is 13.2. The van der Waals surface area contributed by atoms with E-state index in [1.54, 1.807) is 0 Å². The third kappa shape index (κ3) is 3.07. The summed E-state index contributed by atoms with van der Waals surface area (Å²) in [4.78, 5) is 11.2. The topological polar surface area (TPSA) is 52.3 Å².